The molecule has 1 saturated carbocycles. The normalized spacial score (nSPS) is 22.8. The summed E-state index contributed by atoms with van der Waals surface area (Å²) in [4.78, 5) is 11.3. The largest absolute Gasteiger partial charge is 0.298 e. The molecule has 2 aliphatic rings. The zero-order valence-corrected chi connectivity index (χ0v) is 11.7. The predicted molar refractivity (Wildman–Crippen MR) is 75.8 cm³/mol. The number of rotatable bonds is 3. The van der Waals surface area contributed by atoms with E-state index in [2.05, 4.69) is 31.9 Å². The number of piperazine rings is 1. The van der Waals surface area contributed by atoms with E-state index >= 15 is 0 Å². The molecule has 0 bridgehead atoms. The maximum Gasteiger partial charge on any atom is 0.239 e. The highest BCUT2D eigenvalue weighted by Gasteiger charge is 2.27. The Morgan fingerprint density at radius 3 is 2.32 bits per heavy atom. The first-order chi connectivity index (χ1) is 9.34. The highest BCUT2D eigenvalue weighted by atomic mass is 15.7. The summed E-state index contributed by atoms with van der Waals surface area (Å²) >= 11 is 0. The number of aromatic nitrogens is 2. The monoisotopic (exact) mass is 261 g/mol. The van der Waals surface area contributed by atoms with E-state index in [0.29, 0.717) is 0 Å². The Balaban J connectivity index is 1.55. The molecular weight excluding hydrogens is 238 g/mol. The third-order valence-electron chi connectivity index (χ3n) is 4.40. The molecule has 1 aliphatic carbocycles. The van der Waals surface area contributed by atoms with Gasteiger partial charge in [-0.15, -0.1) is 0 Å². The molecule has 1 saturated heterocycles. The summed E-state index contributed by atoms with van der Waals surface area (Å²) in [6.45, 7) is 4.49. The Morgan fingerprint density at radius 2 is 1.68 bits per heavy atom. The molecule has 0 aromatic carbocycles. The van der Waals surface area contributed by atoms with Gasteiger partial charge in [0.05, 0.1) is 0 Å². The second kappa shape index (κ2) is 5.84. The first-order valence-electron chi connectivity index (χ1n) is 7.34. The second-order valence-corrected chi connectivity index (χ2v) is 5.50. The zero-order valence-electron chi connectivity index (χ0n) is 11.7. The van der Waals surface area contributed by atoms with Gasteiger partial charge in [0.25, 0.3) is 0 Å². The molecule has 1 aliphatic heterocycles. The number of anilines is 1. The zero-order chi connectivity index (χ0) is 13.1. The third kappa shape index (κ3) is 2.87. The van der Waals surface area contributed by atoms with Crippen molar-refractivity contribution in [3.63, 3.8) is 0 Å². The smallest absolute Gasteiger partial charge is 0.239 e. The van der Waals surface area contributed by atoms with Crippen molar-refractivity contribution >= 4 is 5.95 Å². The van der Waals surface area contributed by atoms with Crippen molar-refractivity contribution in [3.8, 4) is 0 Å². The van der Waals surface area contributed by atoms with Crippen molar-refractivity contribution in [1.29, 1.82) is 0 Å². The van der Waals surface area contributed by atoms with Crippen molar-refractivity contribution in [2.45, 2.75) is 31.7 Å². The molecule has 0 unspecified atom stereocenters. The highest BCUT2D eigenvalue weighted by Crippen LogP contribution is 2.24. The van der Waals surface area contributed by atoms with Crippen LogP contribution in [0.2, 0.25) is 0 Å². The number of hydrogen-bond acceptors (Lipinski definition) is 5. The topological polar surface area (TPSA) is 35.5 Å². The summed E-state index contributed by atoms with van der Waals surface area (Å²) in [5.41, 5.74) is 0. The minimum atomic E-state index is 0.789. The fraction of sp³-hybridized carbons (Fsp3) is 0.714. The van der Waals surface area contributed by atoms with E-state index in [1.165, 1.54) is 38.8 Å². The van der Waals surface area contributed by atoms with E-state index in [-0.39, 0.29) is 0 Å². The molecular formula is C14H23N5. The quantitative estimate of drug-likeness (QED) is 0.821. The van der Waals surface area contributed by atoms with Crippen LogP contribution in [-0.2, 0) is 0 Å². The average molecular weight is 261 g/mol. The average Bonchev–Trinajstić information content (AvgIpc) is 3.02. The van der Waals surface area contributed by atoms with E-state index in [0.717, 1.165) is 25.1 Å². The highest BCUT2D eigenvalue weighted by molar-refractivity contribution is 5.24. The van der Waals surface area contributed by atoms with Gasteiger partial charge in [0, 0.05) is 51.7 Å². The van der Waals surface area contributed by atoms with Crippen LogP contribution in [0.5, 0.6) is 0 Å². The van der Waals surface area contributed by atoms with E-state index in [4.69, 9.17) is 0 Å². The molecule has 0 radical (unpaired) electrons. The van der Waals surface area contributed by atoms with E-state index in [9.17, 15) is 0 Å². The molecule has 5 heteroatoms. The fourth-order valence-electron chi connectivity index (χ4n) is 3.23. The fourth-order valence-corrected chi connectivity index (χ4v) is 3.23. The molecule has 3 rings (SSSR count). The Kier molecular flexibility index (Phi) is 3.94. The van der Waals surface area contributed by atoms with Crippen LogP contribution >= 0.6 is 0 Å². The summed E-state index contributed by atoms with van der Waals surface area (Å²) in [5, 5.41) is 4.44. The lowest BCUT2D eigenvalue weighted by molar-refractivity contribution is 0.0930. The van der Waals surface area contributed by atoms with Gasteiger partial charge >= 0.3 is 0 Å². The Morgan fingerprint density at radius 1 is 1.05 bits per heavy atom. The summed E-state index contributed by atoms with van der Waals surface area (Å²) < 4.78 is 0. The molecule has 2 fully saturated rings. The maximum atomic E-state index is 4.31. The minimum absolute atomic E-state index is 0.789. The molecule has 1 aromatic heterocycles. The van der Waals surface area contributed by atoms with Crippen LogP contribution in [0.3, 0.4) is 0 Å². The minimum Gasteiger partial charge on any atom is -0.298 e. The molecule has 5 nitrogen and oxygen atoms in total. The van der Waals surface area contributed by atoms with Crippen molar-refractivity contribution in [2.75, 3.05) is 38.2 Å². The summed E-state index contributed by atoms with van der Waals surface area (Å²) in [6, 6.07) is 2.70. The second-order valence-electron chi connectivity index (χ2n) is 5.50. The van der Waals surface area contributed by atoms with Gasteiger partial charge in [0.15, 0.2) is 0 Å². The van der Waals surface area contributed by atoms with Crippen LogP contribution in [-0.4, -0.2) is 59.1 Å². The lowest BCUT2D eigenvalue weighted by atomic mass is 10.2. The van der Waals surface area contributed by atoms with Crippen LogP contribution in [0.15, 0.2) is 18.5 Å². The van der Waals surface area contributed by atoms with Gasteiger partial charge in [0.1, 0.15) is 0 Å². The lowest BCUT2D eigenvalue weighted by Gasteiger charge is -2.41. The van der Waals surface area contributed by atoms with Crippen LogP contribution in [0.4, 0.5) is 5.95 Å². The molecule has 104 valence electrons. The van der Waals surface area contributed by atoms with Crippen molar-refractivity contribution in [2.24, 2.45) is 0 Å². The molecule has 0 atom stereocenters. The number of hydrogen-bond donors (Lipinski definition) is 0. The van der Waals surface area contributed by atoms with Crippen molar-refractivity contribution in [1.82, 2.24) is 19.9 Å². The lowest BCUT2D eigenvalue weighted by Crippen LogP contribution is -2.55. The van der Waals surface area contributed by atoms with Crippen LogP contribution < -0.4 is 5.01 Å². The van der Waals surface area contributed by atoms with Gasteiger partial charge in [-0.05, 0) is 18.9 Å². The molecule has 0 N–H and O–H groups in total. The summed E-state index contributed by atoms with van der Waals surface area (Å²) in [5.74, 6) is 0.789. The number of nitrogens with zero attached hydrogens (tertiary/aromatic N) is 5. The first kappa shape index (κ1) is 12.8. The van der Waals surface area contributed by atoms with Crippen LogP contribution in [0.25, 0.3) is 0 Å². The summed E-state index contributed by atoms with van der Waals surface area (Å²) in [6.07, 6.45) is 9.24. The van der Waals surface area contributed by atoms with Crippen molar-refractivity contribution in [3.05, 3.63) is 18.5 Å². The van der Waals surface area contributed by atoms with Gasteiger partial charge in [-0.25, -0.2) is 15.0 Å². The van der Waals surface area contributed by atoms with E-state index in [1.807, 2.05) is 6.07 Å². The first-order valence-corrected chi connectivity index (χ1v) is 7.34. The van der Waals surface area contributed by atoms with Crippen LogP contribution in [0, 0.1) is 0 Å². The third-order valence-corrected chi connectivity index (χ3v) is 4.40. The summed E-state index contributed by atoms with van der Waals surface area (Å²) in [7, 11) is 2.06. The van der Waals surface area contributed by atoms with E-state index in [1.54, 1.807) is 12.4 Å². The van der Waals surface area contributed by atoms with Gasteiger partial charge in [-0.3, -0.25) is 9.91 Å². The molecule has 0 spiro atoms. The number of hydrazine groups is 1. The van der Waals surface area contributed by atoms with Crippen molar-refractivity contribution < 1.29 is 0 Å². The SMILES string of the molecule is CN(c1ncccn1)N1CCN(C2CCCC2)CC1. The van der Waals surface area contributed by atoms with Crippen LogP contribution in [0.1, 0.15) is 25.7 Å². The van der Waals surface area contributed by atoms with Gasteiger partial charge in [-0.2, -0.15) is 0 Å². The molecule has 1 aromatic rings. The Labute approximate surface area is 115 Å². The Bertz CT molecular complexity index is 382. The molecule has 2 heterocycles. The standard InChI is InChI=1S/C14H23N5/c1-17(14-15-7-4-8-16-14)19-11-9-18(10-12-19)13-5-2-3-6-13/h4,7-8,13H,2-3,5-6,9-12H2,1H3. The predicted octanol–water partition coefficient (Wildman–Crippen LogP) is 1.39. The van der Waals surface area contributed by atoms with E-state index < -0.39 is 0 Å². The van der Waals surface area contributed by atoms with Gasteiger partial charge < -0.3 is 0 Å². The molecule has 19 heavy (non-hydrogen) atoms. The maximum absolute atomic E-state index is 4.31. The van der Waals surface area contributed by atoms with Gasteiger partial charge in [0.2, 0.25) is 5.95 Å². The molecule has 0 amide bonds. The Hall–Kier alpha value is -1.20. The van der Waals surface area contributed by atoms with Gasteiger partial charge in [-0.1, -0.05) is 12.8 Å².